The van der Waals surface area contributed by atoms with Gasteiger partial charge in [-0.05, 0) is 71.0 Å². The Morgan fingerprint density at radius 2 is 1.33 bits per heavy atom. The van der Waals surface area contributed by atoms with E-state index in [2.05, 4.69) is 34.5 Å². The quantitative estimate of drug-likeness (QED) is 0.227. The van der Waals surface area contributed by atoms with Crippen molar-refractivity contribution in [1.82, 2.24) is 5.32 Å². The van der Waals surface area contributed by atoms with Crippen LogP contribution < -0.4 is 19.9 Å². The van der Waals surface area contributed by atoms with Crippen molar-refractivity contribution in [3.63, 3.8) is 0 Å². The minimum atomic E-state index is -0.745. The Balaban J connectivity index is 1.38. The van der Waals surface area contributed by atoms with E-state index >= 15 is 0 Å². The number of nitrogens with zero attached hydrogens (tertiary/aromatic N) is 2. The molecular weight excluding hydrogens is 538 g/mol. The maximum Gasteiger partial charge on any atom is 0.335 e. The van der Waals surface area contributed by atoms with Crippen LogP contribution in [0.1, 0.15) is 52.5 Å². The number of barbiturate groups is 1. The molecule has 3 heterocycles. The minimum Gasteiger partial charge on any atom is -0.497 e. The molecule has 7 heteroatoms. The number of carbonyl (C=O) groups excluding carboxylic acids is 3. The second kappa shape index (κ2) is 10.9. The highest BCUT2D eigenvalue weighted by Crippen LogP contribution is 2.50. The Bertz CT molecular complexity index is 1680. The van der Waals surface area contributed by atoms with Gasteiger partial charge in [-0.25, -0.2) is 9.69 Å². The molecule has 0 aliphatic carbocycles. The number of nitrogens with one attached hydrogen (secondary N) is 1. The van der Waals surface area contributed by atoms with Crippen LogP contribution in [0.3, 0.4) is 0 Å². The second-order valence-electron chi connectivity index (χ2n) is 11.2. The lowest BCUT2D eigenvalue weighted by atomic mass is 9.76. The van der Waals surface area contributed by atoms with Crippen molar-refractivity contribution >= 4 is 35.3 Å². The van der Waals surface area contributed by atoms with Crippen LogP contribution in [0.5, 0.6) is 5.75 Å². The number of rotatable bonds is 5. The molecule has 2 atom stereocenters. The molecule has 4 amide bonds. The lowest BCUT2D eigenvalue weighted by Gasteiger charge is -2.44. The van der Waals surface area contributed by atoms with E-state index in [4.69, 9.17) is 4.74 Å². The van der Waals surface area contributed by atoms with Gasteiger partial charge < -0.3 is 9.64 Å². The maximum absolute atomic E-state index is 14.0. The fraction of sp³-hybridized carbons (Fsp3) is 0.194. The molecule has 0 aromatic heterocycles. The van der Waals surface area contributed by atoms with Crippen LogP contribution in [-0.2, 0) is 9.59 Å². The number of methoxy groups -OCH3 is 1. The summed E-state index contributed by atoms with van der Waals surface area (Å²) in [7, 11) is 1.57. The van der Waals surface area contributed by atoms with Crippen LogP contribution in [0, 0.1) is 0 Å². The highest BCUT2D eigenvalue weighted by molar-refractivity contribution is 6.39. The highest BCUT2D eigenvalue weighted by Gasteiger charge is 2.40. The largest absolute Gasteiger partial charge is 0.497 e. The zero-order valence-corrected chi connectivity index (χ0v) is 23.8. The molecule has 4 aromatic carbocycles. The zero-order chi connectivity index (χ0) is 29.5. The average Bonchev–Trinajstić information content (AvgIpc) is 3.04. The first kappa shape index (κ1) is 26.7. The predicted octanol–water partition coefficient (Wildman–Crippen LogP) is 6.24. The fourth-order valence-corrected chi connectivity index (χ4v) is 6.73. The summed E-state index contributed by atoms with van der Waals surface area (Å²) >= 11 is 0. The van der Waals surface area contributed by atoms with Gasteiger partial charge in [-0.1, -0.05) is 72.8 Å². The molecule has 1 saturated heterocycles. The van der Waals surface area contributed by atoms with Crippen molar-refractivity contribution in [2.75, 3.05) is 30.0 Å². The van der Waals surface area contributed by atoms with Crippen molar-refractivity contribution in [2.45, 2.75) is 24.7 Å². The molecular formula is C36H31N3O4. The van der Waals surface area contributed by atoms with E-state index < -0.39 is 17.8 Å². The van der Waals surface area contributed by atoms with Crippen molar-refractivity contribution < 1.29 is 19.1 Å². The molecule has 0 saturated carbocycles. The third-order valence-corrected chi connectivity index (χ3v) is 8.79. The minimum absolute atomic E-state index is 0.100. The first-order chi connectivity index (χ1) is 21.0. The molecule has 3 aliphatic rings. The van der Waals surface area contributed by atoms with Gasteiger partial charge in [-0.2, -0.15) is 0 Å². The normalized spacial score (nSPS) is 20.6. The standard InChI is InChI=1S/C36H31N3O4/c1-43-27-14-12-23(13-15-27)20-32-34(40)37-36(42)39(35(32)41)26-21-30-28(24-8-4-2-5-9-24)16-18-38-19-17-29(31(22-26)33(30)38)25-10-6-3-7-11-25/h2-15,20-22,28-29H,16-19H2,1H3,(H,37,40,42)/b32-20+/t28-,29-/m1/s1. The number of benzene rings is 4. The Morgan fingerprint density at radius 3 is 1.86 bits per heavy atom. The van der Waals surface area contributed by atoms with E-state index in [0.717, 1.165) is 42.0 Å². The lowest BCUT2D eigenvalue weighted by Crippen LogP contribution is -2.54. The van der Waals surface area contributed by atoms with Crippen LogP contribution in [0.2, 0.25) is 0 Å². The summed E-state index contributed by atoms with van der Waals surface area (Å²) in [6.07, 6.45) is 3.37. The van der Waals surface area contributed by atoms with Gasteiger partial charge in [0.1, 0.15) is 11.3 Å². The summed E-state index contributed by atoms with van der Waals surface area (Å²) in [6, 6.07) is 31.1. The van der Waals surface area contributed by atoms with Gasteiger partial charge in [0.05, 0.1) is 12.8 Å². The fourth-order valence-electron chi connectivity index (χ4n) is 6.73. The molecule has 214 valence electrons. The molecule has 4 aromatic rings. The zero-order valence-electron chi connectivity index (χ0n) is 23.8. The number of hydrogen-bond acceptors (Lipinski definition) is 5. The number of imide groups is 2. The second-order valence-corrected chi connectivity index (χ2v) is 11.2. The van der Waals surface area contributed by atoms with E-state index in [-0.39, 0.29) is 17.4 Å². The van der Waals surface area contributed by atoms with Crippen LogP contribution in [0.4, 0.5) is 16.2 Å². The van der Waals surface area contributed by atoms with Crippen molar-refractivity contribution in [3.8, 4) is 5.75 Å². The number of anilines is 2. The van der Waals surface area contributed by atoms with E-state index in [1.807, 2.05) is 48.5 Å². The molecule has 7 nitrogen and oxygen atoms in total. The van der Waals surface area contributed by atoms with Crippen LogP contribution in [0.25, 0.3) is 6.08 Å². The van der Waals surface area contributed by atoms with E-state index in [0.29, 0.717) is 17.0 Å². The maximum atomic E-state index is 14.0. The Morgan fingerprint density at radius 1 is 0.767 bits per heavy atom. The van der Waals surface area contributed by atoms with Crippen molar-refractivity contribution in [1.29, 1.82) is 0 Å². The Hall–Kier alpha value is -5.17. The summed E-state index contributed by atoms with van der Waals surface area (Å²) in [5, 5.41) is 2.40. The molecule has 0 radical (unpaired) electrons. The SMILES string of the molecule is COc1ccc(/C=C2\C(=O)NC(=O)N(c3cc4c5c(c3)[C@@H](c3ccccc3)CCN5CC[C@@H]4c3ccccc3)C2=O)cc1. The van der Waals surface area contributed by atoms with Gasteiger partial charge in [0.25, 0.3) is 11.8 Å². The van der Waals surface area contributed by atoms with Crippen LogP contribution in [-0.4, -0.2) is 38.0 Å². The Kier molecular flexibility index (Phi) is 6.78. The molecule has 43 heavy (non-hydrogen) atoms. The van der Waals surface area contributed by atoms with Crippen molar-refractivity contribution in [2.24, 2.45) is 0 Å². The third-order valence-electron chi connectivity index (χ3n) is 8.79. The lowest BCUT2D eigenvalue weighted by molar-refractivity contribution is -0.122. The highest BCUT2D eigenvalue weighted by atomic mass is 16.5. The molecule has 1 N–H and O–H groups in total. The monoisotopic (exact) mass is 569 g/mol. The number of ether oxygens (including phenoxy) is 1. The number of amides is 4. The number of carbonyl (C=O) groups is 3. The average molecular weight is 570 g/mol. The smallest absolute Gasteiger partial charge is 0.335 e. The summed E-state index contributed by atoms with van der Waals surface area (Å²) in [6.45, 7) is 1.87. The van der Waals surface area contributed by atoms with Gasteiger partial charge in [-0.3, -0.25) is 14.9 Å². The molecule has 3 aliphatic heterocycles. The summed E-state index contributed by atoms with van der Waals surface area (Å²) in [5.41, 5.74) is 6.82. The number of hydrogen-bond donors (Lipinski definition) is 1. The van der Waals surface area contributed by atoms with E-state index in [1.165, 1.54) is 22.9 Å². The van der Waals surface area contributed by atoms with Gasteiger partial charge >= 0.3 is 6.03 Å². The van der Waals surface area contributed by atoms with Gasteiger partial charge in [0.2, 0.25) is 0 Å². The third kappa shape index (κ3) is 4.77. The molecule has 7 rings (SSSR count). The molecule has 0 spiro atoms. The summed E-state index contributed by atoms with van der Waals surface area (Å²) in [5.74, 6) is -0.472. The number of urea groups is 1. The molecule has 0 bridgehead atoms. The first-order valence-corrected chi connectivity index (χ1v) is 14.6. The van der Waals surface area contributed by atoms with Gasteiger partial charge in [-0.15, -0.1) is 0 Å². The molecule has 0 unspecified atom stereocenters. The first-order valence-electron chi connectivity index (χ1n) is 14.6. The van der Waals surface area contributed by atoms with Crippen LogP contribution in [0.15, 0.2) is 103 Å². The van der Waals surface area contributed by atoms with E-state index in [1.54, 1.807) is 31.4 Å². The predicted molar refractivity (Wildman–Crippen MR) is 166 cm³/mol. The van der Waals surface area contributed by atoms with Gasteiger partial charge in [0, 0.05) is 30.6 Å². The Labute approximate surface area is 250 Å². The van der Waals surface area contributed by atoms with E-state index in [9.17, 15) is 14.4 Å². The van der Waals surface area contributed by atoms with Gasteiger partial charge in [0.15, 0.2) is 0 Å². The van der Waals surface area contributed by atoms with Crippen molar-refractivity contribution in [3.05, 3.63) is 130 Å². The molecule has 1 fully saturated rings. The summed E-state index contributed by atoms with van der Waals surface area (Å²) in [4.78, 5) is 43.8. The summed E-state index contributed by atoms with van der Waals surface area (Å²) < 4.78 is 5.23. The topological polar surface area (TPSA) is 79.0 Å². The van der Waals surface area contributed by atoms with Crippen LogP contribution >= 0.6 is 0 Å².